The highest BCUT2D eigenvalue weighted by molar-refractivity contribution is 6.29. The van der Waals surface area contributed by atoms with Crippen molar-refractivity contribution in [2.75, 3.05) is 13.7 Å². The molecular formula is C21H19ClFN7O3. The molecule has 4 aromatic heterocycles. The molecule has 1 amide bonds. The lowest BCUT2D eigenvalue weighted by Crippen LogP contribution is -2.40. The van der Waals surface area contributed by atoms with Crippen molar-refractivity contribution in [3.63, 3.8) is 0 Å². The third kappa shape index (κ3) is 4.40. The summed E-state index contributed by atoms with van der Waals surface area (Å²) in [5, 5.41) is 11.1. The van der Waals surface area contributed by atoms with Crippen LogP contribution in [0.3, 0.4) is 0 Å². The lowest BCUT2D eigenvalue weighted by Gasteiger charge is -2.29. The van der Waals surface area contributed by atoms with Gasteiger partial charge in [0.1, 0.15) is 16.7 Å². The maximum Gasteiger partial charge on any atom is 0.316 e. The van der Waals surface area contributed by atoms with E-state index in [9.17, 15) is 9.18 Å². The van der Waals surface area contributed by atoms with Crippen LogP contribution in [-0.2, 0) is 12.5 Å². The molecule has 0 aliphatic heterocycles. The van der Waals surface area contributed by atoms with Gasteiger partial charge in [0.15, 0.2) is 0 Å². The summed E-state index contributed by atoms with van der Waals surface area (Å²) < 4.78 is 25.3. The van der Waals surface area contributed by atoms with E-state index in [0.29, 0.717) is 22.3 Å². The highest BCUT2D eigenvalue weighted by atomic mass is 35.5. The second-order valence-corrected chi connectivity index (χ2v) is 7.72. The van der Waals surface area contributed by atoms with E-state index in [1.807, 2.05) is 6.92 Å². The molecule has 1 unspecified atom stereocenters. The number of pyridine rings is 2. The summed E-state index contributed by atoms with van der Waals surface area (Å²) in [6.07, 6.45) is 2.68. The van der Waals surface area contributed by atoms with Gasteiger partial charge in [-0.25, -0.2) is 19.0 Å². The molecule has 0 aromatic carbocycles. The Morgan fingerprint density at radius 1 is 1.27 bits per heavy atom. The molecule has 33 heavy (non-hydrogen) atoms. The molecule has 0 aliphatic rings. The van der Waals surface area contributed by atoms with E-state index in [2.05, 4.69) is 30.5 Å². The van der Waals surface area contributed by atoms with E-state index >= 15 is 0 Å². The second kappa shape index (κ2) is 8.94. The predicted octanol–water partition coefficient (Wildman–Crippen LogP) is 2.80. The topological polar surface area (TPSA) is 121 Å². The molecule has 0 saturated heterocycles. The zero-order valence-electron chi connectivity index (χ0n) is 17.9. The van der Waals surface area contributed by atoms with E-state index in [1.54, 1.807) is 36.1 Å². The first-order valence-corrected chi connectivity index (χ1v) is 10.1. The summed E-state index contributed by atoms with van der Waals surface area (Å²) in [7, 11) is 3.28. The molecule has 10 nitrogen and oxygen atoms in total. The van der Waals surface area contributed by atoms with E-state index in [-0.39, 0.29) is 24.0 Å². The van der Waals surface area contributed by atoms with E-state index in [1.165, 1.54) is 19.2 Å². The van der Waals surface area contributed by atoms with Crippen LogP contribution in [0.25, 0.3) is 11.5 Å². The Labute approximate surface area is 192 Å². The van der Waals surface area contributed by atoms with Crippen LogP contribution in [0.15, 0.2) is 47.2 Å². The Kier molecular flexibility index (Phi) is 6.05. The number of carbonyl (C=O) groups is 1. The summed E-state index contributed by atoms with van der Waals surface area (Å²) >= 11 is 6.13. The number of aromatic nitrogens is 6. The first-order chi connectivity index (χ1) is 15.8. The molecule has 0 aliphatic carbocycles. The third-order valence-electron chi connectivity index (χ3n) is 5.13. The lowest BCUT2D eigenvalue weighted by molar-refractivity contribution is 0.0903. The Morgan fingerprint density at radius 3 is 2.79 bits per heavy atom. The second-order valence-electron chi connectivity index (χ2n) is 7.34. The van der Waals surface area contributed by atoms with Crippen molar-refractivity contribution in [2.45, 2.75) is 12.3 Å². The van der Waals surface area contributed by atoms with Gasteiger partial charge in [0.25, 0.3) is 0 Å². The Balaban J connectivity index is 1.61. The predicted molar refractivity (Wildman–Crippen MR) is 115 cm³/mol. The number of ether oxygens (including phenoxy) is 1. The smallest absolute Gasteiger partial charge is 0.316 e. The summed E-state index contributed by atoms with van der Waals surface area (Å²) in [4.78, 5) is 25.2. The Bertz CT molecular complexity index is 1290. The molecule has 1 N–H and O–H groups in total. The highest BCUT2D eigenvalue weighted by Crippen LogP contribution is 2.36. The van der Waals surface area contributed by atoms with Gasteiger partial charge in [-0.05, 0) is 31.2 Å². The SMILES string of the molecule is COc1c(C(C)(CNC(=O)c2nc(-c3ccc(F)cn3)no2)c2cccc(Cl)n2)cnn1C. The number of amides is 1. The van der Waals surface area contributed by atoms with Crippen molar-refractivity contribution in [1.82, 2.24) is 35.2 Å². The minimum absolute atomic E-state index is 0.0633. The maximum atomic E-state index is 13.1. The number of carbonyl (C=O) groups excluding carboxylic acids is 1. The van der Waals surface area contributed by atoms with E-state index < -0.39 is 17.1 Å². The first-order valence-electron chi connectivity index (χ1n) is 9.75. The number of halogens is 2. The van der Waals surface area contributed by atoms with E-state index in [4.69, 9.17) is 20.9 Å². The van der Waals surface area contributed by atoms with Gasteiger partial charge in [0.2, 0.25) is 11.7 Å². The van der Waals surface area contributed by atoms with Gasteiger partial charge < -0.3 is 14.6 Å². The summed E-state index contributed by atoms with van der Waals surface area (Å²) in [6, 6.07) is 7.83. The van der Waals surface area contributed by atoms with Crippen molar-refractivity contribution >= 4 is 17.5 Å². The zero-order chi connectivity index (χ0) is 23.6. The first kappa shape index (κ1) is 22.3. The quantitative estimate of drug-likeness (QED) is 0.408. The van der Waals surface area contributed by atoms with Crippen molar-refractivity contribution in [2.24, 2.45) is 7.05 Å². The Hall–Kier alpha value is -3.86. The standard InChI is InChI=1S/C21H19ClFN7O3/c1-21(15-5-4-6-16(22)27-15,13-10-26-30(2)20(13)32-3)11-25-18(31)19-28-17(29-33-19)14-8-7-12(23)9-24-14/h4-10H,11H2,1-3H3,(H,25,31). The average Bonchev–Trinajstić information content (AvgIpc) is 3.45. The van der Waals surface area contributed by atoms with Gasteiger partial charge in [0.05, 0.1) is 30.6 Å². The van der Waals surface area contributed by atoms with Gasteiger partial charge in [-0.1, -0.05) is 22.8 Å². The molecule has 0 bridgehead atoms. The summed E-state index contributed by atoms with van der Waals surface area (Å²) in [5.41, 5.74) is 0.710. The minimum atomic E-state index is -0.860. The molecule has 0 fully saturated rings. The van der Waals surface area contributed by atoms with Crippen molar-refractivity contribution in [3.05, 3.63) is 70.8 Å². The third-order valence-corrected chi connectivity index (χ3v) is 5.34. The zero-order valence-corrected chi connectivity index (χ0v) is 18.7. The fourth-order valence-electron chi connectivity index (χ4n) is 3.35. The molecule has 4 aromatic rings. The normalized spacial score (nSPS) is 12.9. The molecule has 0 saturated carbocycles. The summed E-state index contributed by atoms with van der Waals surface area (Å²) in [6.45, 7) is 1.97. The van der Waals surface area contributed by atoms with Crippen LogP contribution < -0.4 is 10.1 Å². The van der Waals surface area contributed by atoms with Crippen molar-refractivity contribution in [1.29, 1.82) is 0 Å². The van der Waals surface area contributed by atoms with Crippen molar-refractivity contribution in [3.8, 4) is 17.4 Å². The van der Waals surface area contributed by atoms with Crippen LogP contribution in [-0.4, -0.2) is 49.5 Å². The van der Waals surface area contributed by atoms with Crippen LogP contribution in [0.1, 0.15) is 28.9 Å². The number of methoxy groups -OCH3 is 1. The van der Waals surface area contributed by atoms with Crippen LogP contribution in [0.5, 0.6) is 5.88 Å². The van der Waals surface area contributed by atoms with Gasteiger partial charge in [-0.3, -0.25) is 4.79 Å². The van der Waals surface area contributed by atoms with Gasteiger partial charge in [0, 0.05) is 19.2 Å². The van der Waals surface area contributed by atoms with Crippen LogP contribution in [0.4, 0.5) is 4.39 Å². The number of aryl methyl sites for hydroxylation is 1. The number of hydrogen-bond donors (Lipinski definition) is 1. The van der Waals surface area contributed by atoms with Gasteiger partial charge in [-0.15, -0.1) is 0 Å². The molecule has 0 spiro atoms. The largest absolute Gasteiger partial charge is 0.481 e. The molecular weight excluding hydrogens is 453 g/mol. The maximum absolute atomic E-state index is 13.1. The van der Waals surface area contributed by atoms with Gasteiger partial charge >= 0.3 is 11.8 Å². The molecule has 170 valence electrons. The molecule has 4 heterocycles. The highest BCUT2D eigenvalue weighted by Gasteiger charge is 2.36. The molecule has 1 atom stereocenters. The van der Waals surface area contributed by atoms with Gasteiger partial charge in [-0.2, -0.15) is 10.1 Å². The number of rotatable bonds is 7. The van der Waals surface area contributed by atoms with Crippen molar-refractivity contribution < 1.29 is 18.4 Å². The molecule has 4 rings (SSSR count). The van der Waals surface area contributed by atoms with Crippen LogP contribution >= 0.6 is 11.6 Å². The van der Waals surface area contributed by atoms with E-state index in [0.717, 1.165) is 6.20 Å². The number of hydrogen-bond acceptors (Lipinski definition) is 8. The fourth-order valence-corrected chi connectivity index (χ4v) is 3.51. The Morgan fingerprint density at radius 2 is 2.09 bits per heavy atom. The monoisotopic (exact) mass is 471 g/mol. The minimum Gasteiger partial charge on any atom is -0.481 e. The van der Waals surface area contributed by atoms with Crippen LogP contribution in [0, 0.1) is 5.82 Å². The number of nitrogens with zero attached hydrogens (tertiary/aromatic N) is 6. The molecule has 12 heteroatoms. The number of nitrogens with one attached hydrogen (secondary N) is 1. The average molecular weight is 472 g/mol. The lowest BCUT2D eigenvalue weighted by atomic mass is 9.80. The van der Waals surface area contributed by atoms with Crippen LogP contribution in [0.2, 0.25) is 5.15 Å². The molecule has 0 radical (unpaired) electrons. The summed E-state index contributed by atoms with van der Waals surface area (Å²) in [5.74, 6) is -0.799. The fraction of sp³-hybridized carbons (Fsp3) is 0.238.